The van der Waals surface area contributed by atoms with Gasteiger partial charge >= 0.3 is 0 Å². The molecule has 0 radical (unpaired) electrons. The minimum atomic E-state index is -0.114. The molecular formula is C11H20N4O. The molecule has 0 unspecified atom stereocenters. The van der Waals surface area contributed by atoms with Crippen molar-refractivity contribution >= 4 is 5.91 Å². The molecule has 90 valence electrons. The van der Waals surface area contributed by atoms with Crippen LogP contribution in [0.4, 0.5) is 0 Å². The van der Waals surface area contributed by atoms with Gasteiger partial charge in [0.05, 0.1) is 0 Å². The Labute approximate surface area is 96.2 Å². The second-order valence-corrected chi connectivity index (χ2v) is 3.72. The molecule has 0 saturated carbocycles. The van der Waals surface area contributed by atoms with Crippen molar-refractivity contribution in [1.29, 1.82) is 0 Å². The van der Waals surface area contributed by atoms with Crippen molar-refractivity contribution < 1.29 is 4.79 Å². The standard InChI is InChI=1S/C11H20N4O/c1-4-15(5-2)7-6-12-11(16)10-8-9(3)13-14-10/h8H,4-7H2,1-3H3,(H,12,16)(H,13,14). The van der Waals surface area contributed by atoms with Crippen LogP contribution in [0, 0.1) is 6.92 Å². The lowest BCUT2D eigenvalue weighted by Gasteiger charge is -2.17. The second kappa shape index (κ2) is 6.27. The first-order valence-corrected chi connectivity index (χ1v) is 5.70. The van der Waals surface area contributed by atoms with Gasteiger partial charge in [0.2, 0.25) is 0 Å². The summed E-state index contributed by atoms with van der Waals surface area (Å²) in [5.41, 5.74) is 1.35. The molecule has 1 aromatic rings. The summed E-state index contributed by atoms with van der Waals surface area (Å²) in [4.78, 5) is 13.9. The number of carbonyl (C=O) groups excluding carboxylic acids is 1. The molecule has 1 aromatic heterocycles. The molecule has 5 nitrogen and oxygen atoms in total. The van der Waals surface area contributed by atoms with Gasteiger partial charge < -0.3 is 10.2 Å². The van der Waals surface area contributed by atoms with Crippen molar-refractivity contribution in [2.24, 2.45) is 0 Å². The average Bonchev–Trinajstić information content (AvgIpc) is 2.71. The second-order valence-electron chi connectivity index (χ2n) is 3.72. The lowest BCUT2D eigenvalue weighted by atomic mass is 10.3. The van der Waals surface area contributed by atoms with Crippen molar-refractivity contribution in [2.75, 3.05) is 26.2 Å². The number of aryl methyl sites for hydroxylation is 1. The van der Waals surface area contributed by atoms with E-state index in [1.54, 1.807) is 6.07 Å². The van der Waals surface area contributed by atoms with Gasteiger partial charge in [-0.3, -0.25) is 9.89 Å². The summed E-state index contributed by atoms with van der Waals surface area (Å²) in [6.45, 7) is 9.65. The van der Waals surface area contributed by atoms with E-state index in [4.69, 9.17) is 0 Å². The summed E-state index contributed by atoms with van der Waals surface area (Å²) in [6.07, 6.45) is 0. The van der Waals surface area contributed by atoms with Crippen molar-refractivity contribution in [2.45, 2.75) is 20.8 Å². The third-order valence-electron chi connectivity index (χ3n) is 2.55. The van der Waals surface area contributed by atoms with Gasteiger partial charge in [-0.1, -0.05) is 13.8 Å². The number of amides is 1. The van der Waals surface area contributed by atoms with E-state index in [-0.39, 0.29) is 5.91 Å². The van der Waals surface area contributed by atoms with Crippen LogP contribution >= 0.6 is 0 Å². The summed E-state index contributed by atoms with van der Waals surface area (Å²) in [6, 6.07) is 1.74. The Morgan fingerprint density at radius 2 is 2.19 bits per heavy atom. The third-order valence-corrected chi connectivity index (χ3v) is 2.55. The summed E-state index contributed by atoms with van der Waals surface area (Å²) < 4.78 is 0. The number of hydrogen-bond acceptors (Lipinski definition) is 3. The number of rotatable bonds is 6. The van der Waals surface area contributed by atoms with Gasteiger partial charge in [-0.15, -0.1) is 0 Å². The maximum absolute atomic E-state index is 11.6. The summed E-state index contributed by atoms with van der Waals surface area (Å²) >= 11 is 0. The lowest BCUT2D eigenvalue weighted by Crippen LogP contribution is -2.34. The number of nitrogens with zero attached hydrogens (tertiary/aromatic N) is 2. The van der Waals surface area contributed by atoms with Gasteiger partial charge in [0.25, 0.3) is 5.91 Å². The van der Waals surface area contributed by atoms with Crippen molar-refractivity contribution in [3.8, 4) is 0 Å². The largest absolute Gasteiger partial charge is 0.349 e. The Kier molecular flexibility index (Phi) is 4.98. The van der Waals surface area contributed by atoms with Crippen LogP contribution in [0.2, 0.25) is 0 Å². The quantitative estimate of drug-likeness (QED) is 0.751. The smallest absolute Gasteiger partial charge is 0.271 e. The molecule has 0 aliphatic heterocycles. The van der Waals surface area contributed by atoms with Crippen molar-refractivity contribution in [3.05, 3.63) is 17.5 Å². The highest BCUT2D eigenvalue weighted by Gasteiger charge is 2.08. The molecule has 0 fully saturated rings. The number of aromatic nitrogens is 2. The fraction of sp³-hybridized carbons (Fsp3) is 0.636. The van der Waals surface area contributed by atoms with E-state index in [2.05, 4.69) is 34.3 Å². The minimum Gasteiger partial charge on any atom is -0.349 e. The molecule has 0 aliphatic carbocycles. The van der Waals surface area contributed by atoms with E-state index < -0.39 is 0 Å². The molecule has 0 aliphatic rings. The molecule has 2 N–H and O–H groups in total. The Hall–Kier alpha value is -1.36. The topological polar surface area (TPSA) is 61.0 Å². The summed E-state index contributed by atoms with van der Waals surface area (Å²) in [5, 5.41) is 9.50. The number of hydrogen-bond donors (Lipinski definition) is 2. The molecule has 1 heterocycles. The highest BCUT2D eigenvalue weighted by molar-refractivity contribution is 5.92. The van der Waals surface area contributed by atoms with Crippen LogP contribution in [0.25, 0.3) is 0 Å². The molecule has 0 spiro atoms. The van der Waals surface area contributed by atoms with Crippen LogP contribution in [0.1, 0.15) is 30.0 Å². The third kappa shape index (κ3) is 3.66. The minimum absolute atomic E-state index is 0.114. The molecule has 0 saturated heterocycles. The zero-order chi connectivity index (χ0) is 12.0. The summed E-state index contributed by atoms with van der Waals surface area (Å²) in [5.74, 6) is -0.114. The van der Waals surface area contributed by atoms with E-state index in [0.29, 0.717) is 12.2 Å². The molecule has 0 atom stereocenters. The average molecular weight is 224 g/mol. The van der Waals surface area contributed by atoms with Gasteiger partial charge in [-0.2, -0.15) is 5.10 Å². The SMILES string of the molecule is CCN(CC)CCNC(=O)c1cc(C)[nH]n1. The fourth-order valence-corrected chi connectivity index (χ4v) is 1.49. The van der Waals surface area contributed by atoms with Gasteiger partial charge in [0.15, 0.2) is 0 Å². The Morgan fingerprint density at radius 3 is 2.69 bits per heavy atom. The predicted molar refractivity (Wildman–Crippen MR) is 63.4 cm³/mol. The Balaban J connectivity index is 2.30. The predicted octanol–water partition coefficient (Wildman–Crippen LogP) is 0.790. The molecule has 0 bridgehead atoms. The Bertz CT molecular complexity index is 330. The van der Waals surface area contributed by atoms with Crippen LogP contribution in [0.3, 0.4) is 0 Å². The monoisotopic (exact) mass is 224 g/mol. The van der Waals surface area contributed by atoms with E-state index in [0.717, 1.165) is 25.3 Å². The van der Waals surface area contributed by atoms with Gasteiger partial charge in [-0.25, -0.2) is 0 Å². The van der Waals surface area contributed by atoms with Crippen LogP contribution in [0.5, 0.6) is 0 Å². The molecule has 1 rings (SSSR count). The van der Waals surface area contributed by atoms with E-state index >= 15 is 0 Å². The van der Waals surface area contributed by atoms with Gasteiger partial charge in [0, 0.05) is 18.8 Å². The first-order chi connectivity index (χ1) is 7.67. The number of aromatic amines is 1. The van der Waals surface area contributed by atoms with E-state index in [1.165, 1.54) is 0 Å². The first-order valence-electron chi connectivity index (χ1n) is 5.70. The van der Waals surface area contributed by atoms with Crippen molar-refractivity contribution in [3.63, 3.8) is 0 Å². The molecule has 1 amide bonds. The van der Waals surface area contributed by atoms with Crippen molar-refractivity contribution in [1.82, 2.24) is 20.4 Å². The normalized spacial score (nSPS) is 10.8. The molecule has 16 heavy (non-hydrogen) atoms. The van der Waals surface area contributed by atoms with Crippen LogP contribution < -0.4 is 5.32 Å². The molecule has 5 heteroatoms. The number of carbonyl (C=O) groups is 1. The lowest BCUT2D eigenvalue weighted by molar-refractivity contribution is 0.0944. The first kappa shape index (κ1) is 12.7. The number of likely N-dealkylation sites (N-methyl/N-ethyl adjacent to an activating group) is 1. The number of H-pyrrole nitrogens is 1. The van der Waals surface area contributed by atoms with Crippen LogP contribution in [-0.2, 0) is 0 Å². The van der Waals surface area contributed by atoms with E-state index in [9.17, 15) is 4.79 Å². The number of nitrogens with one attached hydrogen (secondary N) is 2. The van der Waals surface area contributed by atoms with Crippen LogP contribution in [-0.4, -0.2) is 47.2 Å². The highest BCUT2D eigenvalue weighted by atomic mass is 16.1. The summed E-state index contributed by atoms with van der Waals surface area (Å²) in [7, 11) is 0. The maximum atomic E-state index is 11.6. The fourth-order valence-electron chi connectivity index (χ4n) is 1.49. The van der Waals surface area contributed by atoms with E-state index in [1.807, 2.05) is 6.92 Å². The van der Waals surface area contributed by atoms with Crippen LogP contribution in [0.15, 0.2) is 6.07 Å². The highest BCUT2D eigenvalue weighted by Crippen LogP contribution is 1.96. The maximum Gasteiger partial charge on any atom is 0.271 e. The van der Waals surface area contributed by atoms with Gasteiger partial charge in [0.1, 0.15) is 5.69 Å². The zero-order valence-electron chi connectivity index (χ0n) is 10.2. The Morgan fingerprint density at radius 1 is 1.50 bits per heavy atom. The molecule has 0 aromatic carbocycles. The molecular weight excluding hydrogens is 204 g/mol. The zero-order valence-corrected chi connectivity index (χ0v) is 10.2. The van der Waals surface area contributed by atoms with Gasteiger partial charge in [-0.05, 0) is 26.1 Å².